The molecule has 2 N–H and O–H groups in total. The molecule has 1 heterocycles. The van der Waals surface area contributed by atoms with E-state index in [1.54, 1.807) is 0 Å². The van der Waals surface area contributed by atoms with Gasteiger partial charge in [0.1, 0.15) is 0 Å². The van der Waals surface area contributed by atoms with Crippen molar-refractivity contribution in [2.75, 3.05) is 5.73 Å². The number of aryl methyl sites for hydroxylation is 2. The molecule has 0 unspecified atom stereocenters. The third-order valence-corrected chi connectivity index (χ3v) is 2.28. The molecular weight excluding hydrogens is 176 g/mol. The van der Waals surface area contributed by atoms with Gasteiger partial charge >= 0.3 is 0 Å². The molecule has 0 fully saturated rings. The van der Waals surface area contributed by atoms with Crippen molar-refractivity contribution in [3.8, 4) is 6.07 Å². The minimum absolute atomic E-state index is 0.483. The lowest BCUT2D eigenvalue weighted by atomic mass is 10.2. The zero-order valence-corrected chi connectivity index (χ0v) is 8.75. The number of hydrogen-bond acceptors (Lipinski definition) is 3. The van der Waals surface area contributed by atoms with Crippen LogP contribution in [0.15, 0.2) is 0 Å². The topological polar surface area (TPSA) is 67.6 Å². The highest BCUT2D eigenvalue weighted by Gasteiger charge is 2.11. The van der Waals surface area contributed by atoms with Crippen LogP contribution in [-0.2, 0) is 19.4 Å². The highest BCUT2D eigenvalue weighted by Crippen LogP contribution is 2.18. The maximum atomic E-state index is 8.50. The Balaban J connectivity index is 2.98. The van der Waals surface area contributed by atoms with Gasteiger partial charge in [-0.15, -0.1) is 0 Å². The first-order valence-electron chi connectivity index (χ1n) is 4.95. The average Bonchev–Trinajstić information content (AvgIpc) is 2.51. The van der Waals surface area contributed by atoms with E-state index in [0.717, 1.165) is 29.9 Å². The second kappa shape index (κ2) is 4.66. The Hall–Kier alpha value is -1.50. The number of nitrogens with zero attached hydrogens (tertiary/aromatic N) is 3. The van der Waals surface area contributed by atoms with E-state index in [1.165, 1.54) is 0 Å². The third-order valence-electron chi connectivity index (χ3n) is 2.28. The van der Waals surface area contributed by atoms with Crippen molar-refractivity contribution in [1.29, 1.82) is 5.26 Å². The summed E-state index contributed by atoms with van der Waals surface area (Å²) < 4.78 is 1.86. The molecule has 1 rings (SSSR count). The standard InChI is InChI=1S/C10H16N4/c1-3-8-10(12)9(4-2)14(13-8)7-5-6-11/h3-5,7,12H2,1-2H3. The molecule has 0 atom stereocenters. The fourth-order valence-electron chi connectivity index (χ4n) is 1.54. The summed E-state index contributed by atoms with van der Waals surface area (Å²) >= 11 is 0. The van der Waals surface area contributed by atoms with Gasteiger partial charge in [0.25, 0.3) is 0 Å². The summed E-state index contributed by atoms with van der Waals surface area (Å²) in [6, 6.07) is 2.11. The van der Waals surface area contributed by atoms with E-state index >= 15 is 0 Å². The summed E-state index contributed by atoms with van der Waals surface area (Å²) in [5, 5.41) is 12.9. The van der Waals surface area contributed by atoms with Gasteiger partial charge in [0.15, 0.2) is 0 Å². The summed E-state index contributed by atoms with van der Waals surface area (Å²) in [4.78, 5) is 0. The highest BCUT2D eigenvalue weighted by molar-refractivity contribution is 5.48. The predicted octanol–water partition coefficient (Wildman–Crippen LogP) is 1.50. The average molecular weight is 192 g/mol. The SMILES string of the molecule is CCc1nn(CCC#N)c(CC)c1N. The molecule has 1 aromatic heterocycles. The zero-order valence-electron chi connectivity index (χ0n) is 8.75. The fourth-order valence-corrected chi connectivity index (χ4v) is 1.54. The van der Waals surface area contributed by atoms with Crippen molar-refractivity contribution in [1.82, 2.24) is 9.78 Å². The lowest BCUT2D eigenvalue weighted by molar-refractivity contribution is 0.592. The molecule has 0 saturated heterocycles. The van der Waals surface area contributed by atoms with Gasteiger partial charge in [0.05, 0.1) is 36.1 Å². The summed E-state index contributed by atoms with van der Waals surface area (Å²) in [7, 11) is 0. The van der Waals surface area contributed by atoms with Gasteiger partial charge in [0, 0.05) is 0 Å². The molecule has 0 aliphatic rings. The Bertz CT molecular complexity index is 346. The highest BCUT2D eigenvalue weighted by atomic mass is 15.3. The fraction of sp³-hybridized carbons (Fsp3) is 0.600. The van der Waals surface area contributed by atoms with Crippen LogP contribution < -0.4 is 5.73 Å². The normalized spacial score (nSPS) is 10.1. The van der Waals surface area contributed by atoms with Gasteiger partial charge in [-0.05, 0) is 12.8 Å². The Morgan fingerprint density at radius 1 is 1.43 bits per heavy atom. The molecule has 0 bridgehead atoms. The smallest absolute Gasteiger partial charge is 0.0854 e. The van der Waals surface area contributed by atoms with E-state index in [1.807, 2.05) is 11.6 Å². The van der Waals surface area contributed by atoms with Crippen molar-refractivity contribution in [3.63, 3.8) is 0 Å². The minimum Gasteiger partial charge on any atom is -0.396 e. The quantitative estimate of drug-likeness (QED) is 0.786. The lowest BCUT2D eigenvalue weighted by Gasteiger charge is -2.02. The molecule has 76 valence electrons. The van der Waals surface area contributed by atoms with Crippen LogP contribution in [0.4, 0.5) is 5.69 Å². The predicted molar refractivity (Wildman–Crippen MR) is 55.6 cm³/mol. The molecule has 0 amide bonds. The first-order valence-corrected chi connectivity index (χ1v) is 4.95. The van der Waals surface area contributed by atoms with Crippen molar-refractivity contribution in [3.05, 3.63) is 11.4 Å². The van der Waals surface area contributed by atoms with Gasteiger partial charge in [-0.25, -0.2) is 0 Å². The summed E-state index contributed by atoms with van der Waals surface area (Å²) in [5.41, 5.74) is 8.73. The van der Waals surface area contributed by atoms with Gasteiger partial charge in [-0.2, -0.15) is 10.4 Å². The van der Waals surface area contributed by atoms with Gasteiger partial charge in [-0.1, -0.05) is 13.8 Å². The second-order valence-electron chi connectivity index (χ2n) is 3.15. The number of hydrogen-bond donors (Lipinski definition) is 1. The maximum Gasteiger partial charge on any atom is 0.0854 e. The van der Waals surface area contributed by atoms with E-state index in [4.69, 9.17) is 11.0 Å². The molecule has 0 aliphatic carbocycles. The van der Waals surface area contributed by atoms with Crippen molar-refractivity contribution in [2.24, 2.45) is 0 Å². The van der Waals surface area contributed by atoms with Crippen LogP contribution >= 0.6 is 0 Å². The molecule has 0 aliphatic heterocycles. The van der Waals surface area contributed by atoms with E-state index in [-0.39, 0.29) is 0 Å². The number of rotatable bonds is 4. The minimum atomic E-state index is 0.483. The van der Waals surface area contributed by atoms with Crippen molar-refractivity contribution in [2.45, 2.75) is 39.7 Å². The van der Waals surface area contributed by atoms with E-state index in [2.05, 4.69) is 18.1 Å². The molecule has 4 nitrogen and oxygen atoms in total. The first kappa shape index (κ1) is 10.6. The monoisotopic (exact) mass is 192 g/mol. The molecule has 4 heteroatoms. The van der Waals surface area contributed by atoms with Crippen LogP contribution in [0.1, 0.15) is 31.7 Å². The van der Waals surface area contributed by atoms with Crippen molar-refractivity contribution >= 4 is 5.69 Å². The molecule has 14 heavy (non-hydrogen) atoms. The van der Waals surface area contributed by atoms with Gasteiger partial charge in [0.2, 0.25) is 0 Å². The van der Waals surface area contributed by atoms with Crippen molar-refractivity contribution < 1.29 is 0 Å². The summed E-state index contributed by atoms with van der Waals surface area (Å²) in [6.07, 6.45) is 2.19. The third kappa shape index (κ3) is 1.87. The summed E-state index contributed by atoms with van der Waals surface area (Å²) in [5.74, 6) is 0. The van der Waals surface area contributed by atoms with Gasteiger partial charge in [-0.3, -0.25) is 4.68 Å². The molecular formula is C10H16N4. The number of nitrogen functional groups attached to an aromatic ring is 1. The molecule has 0 spiro atoms. The first-order chi connectivity index (χ1) is 6.74. The molecule has 0 aromatic carbocycles. The van der Waals surface area contributed by atoms with Crippen LogP contribution in [0.25, 0.3) is 0 Å². The van der Waals surface area contributed by atoms with Crippen LogP contribution in [0, 0.1) is 11.3 Å². The van der Waals surface area contributed by atoms with Crippen LogP contribution in [0.5, 0.6) is 0 Å². The number of anilines is 1. The molecule has 0 radical (unpaired) electrons. The maximum absolute atomic E-state index is 8.50. The summed E-state index contributed by atoms with van der Waals surface area (Å²) in [6.45, 7) is 4.73. The Morgan fingerprint density at radius 2 is 2.14 bits per heavy atom. The van der Waals surface area contributed by atoms with Crippen LogP contribution in [0.2, 0.25) is 0 Å². The van der Waals surface area contributed by atoms with Crippen LogP contribution in [0.3, 0.4) is 0 Å². The Morgan fingerprint density at radius 3 is 2.64 bits per heavy atom. The number of nitriles is 1. The van der Waals surface area contributed by atoms with E-state index in [9.17, 15) is 0 Å². The van der Waals surface area contributed by atoms with E-state index < -0.39 is 0 Å². The van der Waals surface area contributed by atoms with Gasteiger partial charge < -0.3 is 5.73 Å². The zero-order chi connectivity index (χ0) is 10.6. The largest absolute Gasteiger partial charge is 0.396 e. The number of nitrogens with two attached hydrogens (primary N) is 1. The molecule has 0 saturated carbocycles. The van der Waals surface area contributed by atoms with Crippen LogP contribution in [-0.4, -0.2) is 9.78 Å². The lowest BCUT2D eigenvalue weighted by Crippen LogP contribution is -2.04. The Kier molecular flexibility index (Phi) is 3.52. The molecule has 1 aromatic rings. The second-order valence-corrected chi connectivity index (χ2v) is 3.15. The van der Waals surface area contributed by atoms with E-state index in [0.29, 0.717) is 13.0 Å². The number of aromatic nitrogens is 2. The Labute approximate surface area is 84.3 Å².